The van der Waals surface area contributed by atoms with Crippen LogP contribution in [0.15, 0.2) is 18.2 Å². The highest BCUT2D eigenvalue weighted by Crippen LogP contribution is 2.66. The van der Waals surface area contributed by atoms with Crippen molar-refractivity contribution >= 4 is 0 Å². The molecule has 3 saturated carbocycles. The first-order chi connectivity index (χ1) is 8.98. The van der Waals surface area contributed by atoms with Crippen molar-refractivity contribution in [3.8, 4) is 5.75 Å². The van der Waals surface area contributed by atoms with Crippen LogP contribution in [0.1, 0.15) is 37.7 Å². The minimum absolute atomic E-state index is 0.277. The second kappa shape index (κ2) is 4.15. The predicted octanol–water partition coefficient (Wildman–Crippen LogP) is 4.51. The molecular weight excluding hydrogens is 253 g/mol. The number of fused-ring (bicyclic) bond motifs is 2. The van der Waals surface area contributed by atoms with Gasteiger partial charge in [0, 0.05) is 5.41 Å². The first-order valence-corrected chi connectivity index (χ1v) is 6.70. The number of alkyl halides is 2. The Kier molecular flexibility index (Phi) is 2.80. The van der Waals surface area contributed by atoms with E-state index < -0.39 is 22.7 Å². The van der Waals surface area contributed by atoms with Crippen LogP contribution in [0.5, 0.6) is 5.75 Å². The molecule has 0 amide bonds. The van der Waals surface area contributed by atoms with E-state index in [2.05, 4.69) is 0 Å². The summed E-state index contributed by atoms with van der Waals surface area (Å²) in [5, 5.41) is 0. The minimum Gasteiger partial charge on any atom is -0.497 e. The van der Waals surface area contributed by atoms with Gasteiger partial charge in [0.25, 0.3) is 5.92 Å². The average Bonchev–Trinajstić information content (AvgIpc) is 2.38. The molecule has 0 N–H and O–H groups in total. The van der Waals surface area contributed by atoms with Crippen LogP contribution in [0.3, 0.4) is 0 Å². The highest BCUT2D eigenvalue weighted by atomic mass is 19.3. The molecule has 4 heteroatoms. The fourth-order valence-corrected chi connectivity index (χ4v) is 3.75. The Morgan fingerprint density at radius 2 is 2.05 bits per heavy atom. The van der Waals surface area contributed by atoms with Gasteiger partial charge in [-0.25, -0.2) is 13.2 Å². The number of halogens is 3. The van der Waals surface area contributed by atoms with E-state index in [0.717, 1.165) is 25.0 Å². The van der Waals surface area contributed by atoms with E-state index in [0.29, 0.717) is 25.2 Å². The van der Waals surface area contributed by atoms with E-state index in [1.807, 2.05) is 0 Å². The molecule has 19 heavy (non-hydrogen) atoms. The normalized spacial score (nSPS) is 29.8. The molecule has 3 fully saturated rings. The number of hydrogen-bond acceptors (Lipinski definition) is 1. The first kappa shape index (κ1) is 12.8. The molecule has 2 bridgehead atoms. The quantitative estimate of drug-likeness (QED) is 0.785. The Labute approximate surface area is 110 Å². The van der Waals surface area contributed by atoms with Crippen LogP contribution >= 0.6 is 0 Å². The summed E-state index contributed by atoms with van der Waals surface area (Å²) in [6.07, 6.45) is 3.41. The summed E-state index contributed by atoms with van der Waals surface area (Å²) >= 11 is 0. The third kappa shape index (κ3) is 1.76. The topological polar surface area (TPSA) is 9.23 Å². The van der Waals surface area contributed by atoms with Crippen molar-refractivity contribution in [3.63, 3.8) is 0 Å². The molecule has 0 spiro atoms. The van der Waals surface area contributed by atoms with Gasteiger partial charge in [0.05, 0.1) is 12.7 Å². The van der Waals surface area contributed by atoms with Crippen LogP contribution in [0.25, 0.3) is 0 Å². The standard InChI is InChI=1S/C15H17F3O/c1-19-11-4-5-13(16)12(7-11)15(17,18)14-6-2-3-10(8-14)9-14/h4-5,7,10H,2-3,6,8-9H2,1H3. The van der Waals surface area contributed by atoms with E-state index in [1.54, 1.807) is 0 Å². The van der Waals surface area contributed by atoms with Gasteiger partial charge in [0.2, 0.25) is 0 Å². The number of ether oxygens (including phenoxy) is 1. The summed E-state index contributed by atoms with van der Waals surface area (Å²) in [5.74, 6) is -3.26. The zero-order chi connectivity index (χ0) is 13.7. The molecule has 104 valence electrons. The SMILES string of the molecule is COc1ccc(F)c(C(F)(F)C23CCCC(C2)C3)c1. The van der Waals surface area contributed by atoms with E-state index >= 15 is 0 Å². The molecule has 0 radical (unpaired) electrons. The van der Waals surface area contributed by atoms with Gasteiger partial charge in [0.1, 0.15) is 11.6 Å². The zero-order valence-corrected chi connectivity index (χ0v) is 10.9. The smallest absolute Gasteiger partial charge is 0.281 e. The lowest BCUT2D eigenvalue weighted by Crippen LogP contribution is -2.52. The zero-order valence-electron chi connectivity index (χ0n) is 10.9. The van der Waals surface area contributed by atoms with E-state index in [4.69, 9.17) is 4.74 Å². The first-order valence-electron chi connectivity index (χ1n) is 6.70. The average molecular weight is 270 g/mol. The second-order valence-corrected chi connectivity index (χ2v) is 5.87. The highest BCUT2D eigenvalue weighted by molar-refractivity contribution is 5.34. The van der Waals surface area contributed by atoms with Gasteiger partial charge in [-0.1, -0.05) is 12.8 Å². The Morgan fingerprint density at radius 1 is 1.32 bits per heavy atom. The van der Waals surface area contributed by atoms with Crippen LogP contribution in [0.2, 0.25) is 0 Å². The molecule has 1 nitrogen and oxygen atoms in total. The maximum atomic E-state index is 14.7. The van der Waals surface area contributed by atoms with E-state index in [1.165, 1.54) is 13.2 Å². The minimum atomic E-state index is -3.11. The molecule has 0 unspecified atom stereocenters. The number of rotatable bonds is 3. The number of benzene rings is 1. The Balaban J connectivity index is 2.00. The molecule has 0 heterocycles. The van der Waals surface area contributed by atoms with Gasteiger partial charge < -0.3 is 4.74 Å². The molecular formula is C15H17F3O. The molecule has 0 aliphatic heterocycles. The molecule has 4 rings (SSSR count). The Morgan fingerprint density at radius 3 is 2.63 bits per heavy atom. The van der Waals surface area contributed by atoms with Crippen molar-refractivity contribution in [2.75, 3.05) is 7.11 Å². The lowest BCUT2D eigenvalue weighted by Gasteiger charge is -2.56. The summed E-state index contributed by atoms with van der Waals surface area (Å²) in [7, 11) is 1.40. The van der Waals surface area contributed by atoms with E-state index in [-0.39, 0.29) is 5.75 Å². The van der Waals surface area contributed by atoms with Crippen LogP contribution in [-0.4, -0.2) is 7.11 Å². The van der Waals surface area contributed by atoms with Gasteiger partial charge >= 0.3 is 0 Å². The Hall–Kier alpha value is -1.19. The summed E-state index contributed by atoms with van der Waals surface area (Å²) in [5.41, 5.74) is -1.53. The molecule has 1 aromatic carbocycles. The lowest BCUT2D eigenvalue weighted by molar-refractivity contribution is -0.212. The van der Waals surface area contributed by atoms with Crippen molar-refractivity contribution in [2.24, 2.45) is 11.3 Å². The van der Waals surface area contributed by atoms with Crippen molar-refractivity contribution in [2.45, 2.75) is 38.0 Å². The van der Waals surface area contributed by atoms with Gasteiger partial charge in [-0.3, -0.25) is 0 Å². The molecule has 0 saturated heterocycles. The van der Waals surface area contributed by atoms with Crippen molar-refractivity contribution in [1.82, 2.24) is 0 Å². The van der Waals surface area contributed by atoms with Gasteiger partial charge in [0.15, 0.2) is 0 Å². The Bertz CT molecular complexity index is 487. The third-order valence-corrected chi connectivity index (χ3v) is 4.80. The monoisotopic (exact) mass is 270 g/mol. The number of hydrogen-bond donors (Lipinski definition) is 0. The summed E-state index contributed by atoms with van der Waals surface area (Å²) in [6.45, 7) is 0. The molecule has 0 atom stereocenters. The van der Waals surface area contributed by atoms with Gasteiger partial charge in [-0.05, 0) is 43.4 Å². The molecule has 0 aromatic heterocycles. The van der Waals surface area contributed by atoms with Crippen molar-refractivity contribution in [3.05, 3.63) is 29.6 Å². The van der Waals surface area contributed by atoms with Crippen LogP contribution in [0, 0.1) is 17.2 Å². The van der Waals surface area contributed by atoms with Crippen LogP contribution in [-0.2, 0) is 5.92 Å². The van der Waals surface area contributed by atoms with Gasteiger partial charge in [-0.15, -0.1) is 0 Å². The van der Waals surface area contributed by atoms with E-state index in [9.17, 15) is 13.2 Å². The number of methoxy groups -OCH3 is 1. The second-order valence-electron chi connectivity index (χ2n) is 5.87. The maximum Gasteiger partial charge on any atom is 0.281 e. The third-order valence-electron chi connectivity index (χ3n) is 4.80. The lowest BCUT2D eigenvalue weighted by atomic mass is 9.51. The predicted molar refractivity (Wildman–Crippen MR) is 65.9 cm³/mol. The fraction of sp³-hybridized carbons (Fsp3) is 0.600. The van der Waals surface area contributed by atoms with Gasteiger partial charge in [-0.2, -0.15) is 0 Å². The maximum absolute atomic E-state index is 14.7. The van der Waals surface area contributed by atoms with Crippen LogP contribution < -0.4 is 4.74 Å². The summed E-state index contributed by atoms with van der Waals surface area (Å²) < 4.78 is 48.2. The molecule has 3 aliphatic carbocycles. The van der Waals surface area contributed by atoms with Crippen molar-refractivity contribution in [1.29, 1.82) is 0 Å². The fourth-order valence-electron chi connectivity index (χ4n) is 3.75. The van der Waals surface area contributed by atoms with Crippen LogP contribution in [0.4, 0.5) is 13.2 Å². The highest BCUT2D eigenvalue weighted by Gasteiger charge is 2.63. The molecule has 3 aliphatic rings. The van der Waals surface area contributed by atoms with Crippen molar-refractivity contribution < 1.29 is 17.9 Å². The summed E-state index contributed by atoms with van der Waals surface area (Å²) in [4.78, 5) is 0. The summed E-state index contributed by atoms with van der Waals surface area (Å²) in [6, 6.07) is 3.58. The molecule has 1 aromatic rings. The largest absolute Gasteiger partial charge is 0.497 e.